The highest BCUT2D eigenvalue weighted by molar-refractivity contribution is 7.13. The Morgan fingerprint density at radius 1 is 1.39 bits per heavy atom. The third-order valence-electron chi connectivity index (χ3n) is 4.33. The summed E-state index contributed by atoms with van der Waals surface area (Å²) in [6.45, 7) is 4.22. The number of thiazole rings is 1. The van der Waals surface area contributed by atoms with E-state index in [0.717, 1.165) is 42.2 Å². The molecule has 1 saturated heterocycles. The minimum atomic E-state index is -0.519. The molecule has 2 aromatic rings. The molecular formula is C18H22N2O2S. The van der Waals surface area contributed by atoms with Crippen LogP contribution < -0.4 is 5.32 Å². The number of carbonyl (C=O) groups is 1. The molecule has 0 amide bonds. The summed E-state index contributed by atoms with van der Waals surface area (Å²) < 4.78 is 5.70. The minimum Gasteiger partial charge on any atom is -0.452 e. The van der Waals surface area contributed by atoms with Crippen molar-refractivity contribution >= 4 is 28.1 Å². The van der Waals surface area contributed by atoms with E-state index in [1.165, 1.54) is 5.56 Å². The van der Waals surface area contributed by atoms with Crippen molar-refractivity contribution in [3.8, 4) is 0 Å². The van der Waals surface area contributed by atoms with E-state index >= 15 is 0 Å². The Morgan fingerprint density at radius 3 is 2.91 bits per heavy atom. The monoisotopic (exact) mass is 330 g/mol. The topological polar surface area (TPSA) is 51.2 Å². The number of benzene rings is 1. The summed E-state index contributed by atoms with van der Waals surface area (Å²) in [5.41, 5.74) is 2.60. The number of para-hydroxylation sites is 1. The molecule has 1 aliphatic heterocycles. The van der Waals surface area contributed by atoms with E-state index in [2.05, 4.69) is 25.2 Å². The quantitative estimate of drug-likeness (QED) is 0.764. The number of nitrogens with zero attached hydrogens (tertiary/aromatic N) is 1. The van der Waals surface area contributed by atoms with Gasteiger partial charge in [0.15, 0.2) is 10.7 Å². The van der Waals surface area contributed by atoms with Crippen molar-refractivity contribution in [2.45, 2.75) is 51.6 Å². The fourth-order valence-electron chi connectivity index (χ4n) is 2.94. The van der Waals surface area contributed by atoms with Gasteiger partial charge in [-0.05, 0) is 31.4 Å². The molecule has 0 spiro atoms. The number of aromatic nitrogens is 1. The van der Waals surface area contributed by atoms with Crippen LogP contribution in [0.3, 0.4) is 0 Å². The zero-order valence-corrected chi connectivity index (χ0v) is 14.4. The summed E-state index contributed by atoms with van der Waals surface area (Å²) in [4.78, 5) is 16.4. The molecule has 1 aromatic heterocycles. The van der Waals surface area contributed by atoms with Gasteiger partial charge in [0.1, 0.15) is 0 Å². The number of cyclic esters (lactones) is 1. The van der Waals surface area contributed by atoms with Crippen LogP contribution in [0.4, 0.5) is 10.8 Å². The maximum atomic E-state index is 11.7. The molecule has 0 aliphatic carbocycles. The van der Waals surface area contributed by atoms with E-state index in [4.69, 9.17) is 9.72 Å². The molecule has 1 N–H and O–H groups in total. The van der Waals surface area contributed by atoms with Crippen LogP contribution in [0.15, 0.2) is 29.6 Å². The van der Waals surface area contributed by atoms with Crippen LogP contribution in [0, 0.1) is 6.92 Å². The molecule has 3 rings (SSSR count). The Labute approximate surface area is 140 Å². The molecule has 1 aliphatic rings. The summed E-state index contributed by atoms with van der Waals surface area (Å²) in [5, 5.41) is 6.23. The van der Waals surface area contributed by atoms with E-state index in [1.54, 1.807) is 11.3 Å². The predicted molar refractivity (Wildman–Crippen MR) is 93.1 cm³/mol. The summed E-state index contributed by atoms with van der Waals surface area (Å²) in [5.74, 6) is -0.109. The van der Waals surface area contributed by atoms with Crippen molar-refractivity contribution < 1.29 is 9.53 Å². The second kappa shape index (κ2) is 6.71. The number of hydrogen-bond acceptors (Lipinski definition) is 5. The average Bonchev–Trinajstić information content (AvgIpc) is 3.15. The smallest absolute Gasteiger partial charge is 0.306 e. The van der Waals surface area contributed by atoms with Crippen molar-refractivity contribution in [3.05, 3.63) is 40.9 Å². The van der Waals surface area contributed by atoms with Crippen LogP contribution in [0.5, 0.6) is 0 Å². The number of nitrogens with one attached hydrogen (secondary N) is 1. The molecule has 4 nitrogen and oxygen atoms in total. The molecule has 0 radical (unpaired) electrons. The summed E-state index contributed by atoms with van der Waals surface area (Å²) in [7, 11) is 0. The number of carbonyl (C=O) groups excluding carboxylic acids is 1. The first-order valence-corrected chi connectivity index (χ1v) is 9.01. The highest BCUT2D eigenvalue weighted by Gasteiger charge is 2.43. The van der Waals surface area contributed by atoms with Crippen molar-refractivity contribution in [2.24, 2.45) is 0 Å². The van der Waals surface area contributed by atoms with Crippen molar-refractivity contribution in [1.29, 1.82) is 0 Å². The van der Waals surface area contributed by atoms with Gasteiger partial charge < -0.3 is 10.1 Å². The van der Waals surface area contributed by atoms with Crippen LogP contribution in [-0.2, 0) is 15.1 Å². The number of anilines is 2. The molecule has 1 fully saturated rings. The third kappa shape index (κ3) is 3.39. The van der Waals surface area contributed by atoms with Gasteiger partial charge in [-0.15, -0.1) is 11.3 Å². The minimum absolute atomic E-state index is 0.109. The highest BCUT2D eigenvalue weighted by Crippen LogP contribution is 2.42. The number of unbranched alkanes of at least 4 members (excludes halogenated alkanes) is 1. The van der Waals surface area contributed by atoms with Gasteiger partial charge in [0.2, 0.25) is 0 Å². The van der Waals surface area contributed by atoms with Crippen LogP contribution in [0.25, 0.3) is 0 Å². The fraction of sp³-hybridized carbons (Fsp3) is 0.444. The Bertz CT molecular complexity index is 698. The van der Waals surface area contributed by atoms with Crippen LogP contribution >= 0.6 is 11.3 Å². The van der Waals surface area contributed by atoms with Gasteiger partial charge in [-0.3, -0.25) is 4.79 Å². The summed E-state index contributed by atoms with van der Waals surface area (Å²) >= 11 is 1.56. The van der Waals surface area contributed by atoms with Crippen molar-refractivity contribution in [3.63, 3.8) is 0 Å². The summed E-state index contributed by atoms with van der Waals surface area (Å²) in [6.07, 6.45) is 4.19. The lowest BCUT2D eigenvalue weighted by atomic mass is 9.91. The van der Waals surface area contributed by atoms with E-state index in [1.807, 2.05) is 23.6 Å². The standard InChI is InChI=1S/C18H22N2O2S/c1-3-4-10-18(11-9-16(21)22-18)15-12-23-17(20-15)19-14-8-6-5-7-13(14)2/h5-8,12H,3-4,9-11H2,1-2H3,(H,19,20)/t18-/m1/s1. The zero-order chi connectivity index (χ0) is 16.3. The van der Waals surface area contributed by atoms with Crippen LogP contribution in [-0.4, -0.2) is 11.0 Å². The second-order valence-electron chi connectivity index (χ2n) is 6.05. The van der Waals surface area contributed by atoms with Gasteiger partial charge in [-0.1, -0.05) is 31.5 Å². The molecular weight excluding hydrogens is 308 g/mol. The van der Waals surface area contributed by atoms with E-state index in [0.29, 0.717) is 6.42 Å². The molecule has 0 saturated carbocycles. The van der Waals surface area contributed by atoms with E-state index < -0.39 is 5.60 Å². The molecule has 0 unspecified atom stereocenters. The molecule has 5 heteroatoms. The highest BCUT2D eigenvalue weighted by atomic mass is 32.1. The van der Waals surface area contributed by atoms with Crippen LogP contribution in [0.1, 0.15) is 50.3 Å². The van der Waals surface area contributed by atoms with Crippen molar-refractivity contribution in [1.82, 2.24) is 4.98 Å². The second-order valence-corrected chi connectivity index (χ2v) is 6.91. The van der Waals surface area contributed by atoms with Gasteiger partial charge in [0.05, 0.1) is 5.69 Å². The first-order valence-electron chi connectivity index (χ1n) is 8.13. The number of hydrogen-bond donors (Lipinski definition) is 1. The first kappa shape index (κ1) is 16.0. The largest absolute Gasteiger partial charge is 0.452 e. The third-order valence-corrected chi connectivity index (χ3v) is 5.09. The maximum Gasteiger partial charge on any atom is 0.306 e. The number of esters is 1. The van der Waals surface area contributed by atoms with Gasteiger partial charge in [0, 0.05) is 23.9 Å². The SMILES string of the molecule is CCCC[C@]1(c2csc(Nc3ccccc3C)n2)CCC(=O)O1. The molecule has 0 bridgehead atoms. The molecule has 1 atom stereocenters. The predicted octanol–water partition coefficient (Wildman–Crippen LogP) is 4.92. The summed E-state index contributed by atoms with van der Waals surface area (Å²) in [6, 6.07) is 8.13. The zero-order valence-electron chi connectivity index (χ0n) is 13.6. The number of aryl methyl sites for hydroxylation is 1. The Hall–Kier alpha value is -1.88. The first-order chi connectivity index (χ1) is 11.1. The van der Waals surface area contributed by atoms with Crippen molar-refractivity contribution in [2.75, 3.05) is 5.32 Å². The Morgan fingerprint density at radius 2 is 2.22 bits per heavy atom. The normalized spacial score (nSPS) is 20.5. The molecule has 23 heavy (non-hydrogen) atoms. The molecule has 122 valence electrons. The number of rotatable bonds is 6. The lowest BCUT2D eigenvalue weighted by Gasteiger charge is -2.25. The fourth-order valence-corrected chi connectivity index (χ4v) is 3.75. The Balaban J connectivity index is 1.82. The maximum absolute atomic E-state index is 11.7. The van der Waals surface area contributed by atoms with Crippen LogP contribution in [0.2, 0.25) is 0 Å². The lowest BCUT2D eigenvalue weighted by molar-refractivity contribution is -0.150. The average molecular weight is 330 g/mol. The number of ether oxygens (including phenoxy) is 1. The van der Waals surface area contributed by atoms with E-state index in [9.17, 15) is 4.79 Å². The molecule has 2 heterocycles. The van der Waals surface area contributed by atoms with Gasteiger partial charge >= 0.3 is 5.97 Å². The lowest BCUT2D eigenvalue weighted by Crippen LogP contribution is -2.26. The van der Waals surface area contributed by atoms with Gasteiger partial charge in [-0.2, -0.15) is 0 Å². The van der Waals surface area contributed by atoms with Gasteiger partial charge in [-0.25, -0.2) is 4.98 Å². The van der Waals surface area contributed by atoms with Gasteiger partial charge in [0.25, 0.3) is 0 Å². The van der Waals surface area contributed by atoms with E-state index in [-0.39, 0.29) is 5.97 Å². The molecule has 1 aromatic carbocycles. The Kier molecular flexibility index (Phi) is 4.66.